The third kappa shape index (κ3) is 2.84. The zero-order chi connectivity index (χ0) is 14.8. The maximum Gasteiger partial charge on any atom is 0.307 e. The number of aliphatic carboxylic acids is 1. The lowest BCUT2D eigenvalue weighted by molar-refractivity contribution is -0.160. The number of fused-ring (bicyclic) bond motifs is 1. The first kappa shape index (κ1) is 14.6. The lowest BCUT2D eigenvalue weighted by atomic mass is 9.81. The number of amides is 1. The summed E-state index contributed by atoms with van der Waals surface area (Å²) < 4.78 is 5.80. The molecular formula is C16H23NO4. The molecule has 1 saturated heterocycles. The molecule has 21 heavy (non-hydrogen) atoms. The van der Waals surface area contributed by atoms with Gasteiger partial charge in [-0.2, -0.15) is 0 Å². The molecule has 116 valence electrons. The zero-order valence-electron chi connectivity index (χ0n) is 12.2. The van der Waals surface area contributed by atoms with Crippen LogP contribution < -0.4 is 0 Å². The van der Waals surface area contributed by atoms with Crippen LogP contribution in [0.2, 0.25) is 0 Å². The van der Waals surface area contributed by atoms with E-state index in [9.17, 15) is 14.7 Å². The number of carboxylic acids is 1. The van der Waals surface area contributed by atoms with Gasteiger partial charge in [0.2, 0.25) is 5.91 Å². The Balaban J connectivity index is 1.76. The number of allylic oxidation sites excluding steroid dienone is 2. The molecule has 2 unspecified atom stereocenters. The van der Waals surface area contributed by atoms with Crippen molar-refractivity contribution in [2.75, 3.05) is 13.2 Å². The Kier molecular flexibility index (Phi) is 4.29. The Labute approximate surface area is 124 Å². The number of morpholine rings is 1. The quantitative estimate of drug-likeness (QED) is 0.789. The lowest BCUT2D eigenvalue weighted by Crippen LogP contribution is -2.57. The van der Waals surface area contributed by atoms with E-state index >= 15 is 0 Å². The molecule has 0 radical (unpaired) electrons. The minimum Gasteiger partial charge on any atom is -0.481 e. The molecule has 0 spiro atoms. The van der Waals surface area contributed by atoms with Gasteiger partial charge in [0.15, 0.2) is 0 Å². The number of carbonyl (C=O) groups is 2. The van der Waals surface area contributed by atoms with E-state index in [0.29, 0.717) is 26.0 Å². The molecule has 2 aliphatic carbocycles. The Morgan fingerprint density at radius 1 is 1.10 bits per heavy atom. The average Bonchev–Trinajstić information content (AvgIpc) is 2.53. The molecular weight excluding hydrogens is 270 g/mol. The van der Waals surface area contributed by atoms with Gasteiger partial charge in [0.1, 0.15) is 0 Å². The molecule has 0 bridgehead atoms. The second-order valence-electron chi connectivity index (χ2n) is 6.29. The molecule has 1 saturated carbocycles. The number of carboxylic acid groups (broad SMARTS) is 1. The van der Waals surface area contributed by atoms with Gasteiger partial charge in [-0.05, 0) is 25.7 Å². The second-order valence-corrected chi connectivity index (χ2v) is 6.29. The molecule has 5 nitrogen and oxygen atoms in total. The predicted molar refractivity (Wildman–Crippen MR) is 76.7 cm³/mol. The van der Waals surface area contributed by atoms with Crippen LogP contribution in [-0.4, -0.2) is 47.2 Å². The fraction of sp³-hybridized carbons (Fsp3) is 0.750. The molecule has 4 atom stereocenters. The number of carbonyl (C=O) groups excluding carboxylic acids is 1. The van der Waals surface area contributed by atoms with Gasteiger partial charge < -0.3 is 14.7 Å². The number of hydrogen-bond acceptors (Lipinski definition) is 3. The summed E-state index contributed by atoms with van der Waals surface area (Å²) in [4.78, 5) is 26.2. The fourth-order valence-electron chi connectivity index (χ4n) is 3.94. The SMILES string of the molecule is O=C(O)[C@H]1CC=CC[C@H]1C(=O)N1CCOC2CCCCC21. The minimum absolute atomic E-state index is 0.0203. The van der Waals surface area contributed by atoms with Crippen molar-refractivity contribution < 1.29 is 19.4 Å². The fourth-order valence-corrected chi connectivity index (χ4v) is 3.94. The maximum atomic E-state index is 12.9. The average molecular weight is 293 g/mol. The van der Waals surface area contributed by atoms with Gasteiger partial charge in [-0.3, -0.25) is 9.59 Å². The van der Waals surface area contributed by atoms with Crippen molar-refractivity contribution >= 4 is 11.9 Å². The maximum absolute atomic E-state index is 12.9. The smallest absolute Gasteiger partial charge is 0.307 e. The number of rotatable bonds is 2. The molecule has 0 aromatic carbocycles. The Morgan fingerprint density at radius 2 is 1.81 bits per heavy atom. The molecule has 1 heterocycles. The Hall–Kier alpha value is -1.36. The van der Waals surface area contributed by atoms with Crippen LogP contribution in [0, 0.1) is 11.8 Å². The number of hydrogen-bond donors (Lipinski definition) is 1. The van der Waals surface area contributed by atoms with Crippen molar-refractivity contribution in [2.45, 2.75) is 50.7 Å². The summed E-state index contributed by atoms with van der Waals surface area (Å²) in [6, 6.07) is 0.153. The Bertz CT molecular complexity index is 446. The van der Waals surface area contributed by atoms with Gasteiger partial charge in [-0.15, -0.1) is 0 Å². The molecule has 5 heteroatoms. The van der Waals surface area contributed by atoms with E-state index in [4.69, 9.17) is 4.74 Å². The van der Waals surface area contributed by atoms with Crippen molar-refractivity contribution in [1.29, 1.82) is 0 Å². The van der Waals surface area contributed by atoms with Gasteiger partial charge in [0, 0.05) is 6.54 Å². The highest BCUT2D eigenvalue weighted by molar-refractivity contribution is 5.85. The second kappa shape index (κ2) is 6.18. The number of ether oxygens (including phenoxy) is 1. The topological polar surface area (TPSA) is 66.8 Å². The van der Waals surface area contributed by atoms with E-state index in [-0.39, 0.29) is 18.1 Å². The van der Waals surface area contributed by atoms with E-state index in [0.717, 1.165) is 25.7 Å². The number of nitrogens with zero attached hydrogens (tertiary/aromatic N) is 1. The highest BCUT2D eigenvalue weighted by Gasteiger charge is 2.42. The first-order chi connectivity index (χ1) is 10.2. The van der Waals surface area contributed by atoms with E-state index in [1.807, 2.05) is 17.1 Å². The van der Waals surface area contributed by atoms with Gasteiger partial charge in [0.25, 0.3) is 0 Å². The van der Waals surface area contributed by atoms with Crippen LogP contribution in [0.3, 0.4) is 0 Å². The molecule has 0 aromatic heterocycles. The first-order valence-electron chi connectivity index (χ1n) is 7.98. The summed E-state index contributed by atoms with van der Waals surface area (Å²) in [5, 5.41) is 9.36. The lowest BCUT2D eigenvalue weighted by Gasteiger charge is -2.45. The first-order valence-corrected chi connectivity index (χ1v) is 7.98. The van der Waals surface area contributed by atoms with Crippen molar-refractivity contribution in [2.24, 2.45) is 11.8 Å². The summed E-state index contributed by atoms with van der Waals surface area (Å²) in [6.07, 6.45) is 9.27. The summed E-state index contributed by atoms with van der Waals surface area (Å²) in [7, 11) is 0. The molecule has 1 N–H and O–H groups in total. The molecule has 0 aromatic rings. The summed E-state index contributed by atoms with van der Waals surface area (Å²) in [6.45, 7) is 1.18. The molecule has 2 fully saturated rings. The van der Waals surface area contributed by atoms with Crippen molar-refractivity contribution in [3.05, 3.63) is 12.2 Å². The van der Waals surface area contributed by atoms with E-state index in [1.54, 1.807) is 0 Å². The van der Waals surface area contributed by atoms with Crippen molar-refractivity contribution in [3.63, 3.8) is 0 Å². The highest BCUT2D eigenvalue weighted by Crippen LogP contribution is 2.33. The predicted octanol–water partition coefficient (Wildman–Crippen LogP) is 1.82. The molecule has 1 aliphatic heterocycles. The van der Waals surface area contributed by atoms with Crippen LogP contribution in [-0.2, 0) is 14.3 Å². The van der Waals surface area contributed by atoms with E-state index in [2.05, 4.69) is 0 Å². The van der Waals surface area contributed by atoms with Gasteiger partial charge in [-0.25, -0.2) is 0 Å². The minimum atomic E-state index is -0.855. The van der Waals surface area contributed by atoms with Crippen LogP contribution >= 0.6 is 0 Å². The zero-order valence-corrected chi connectivity index (χ0v) is 12.2. The molecule has 3 aliphatic rings. The van der Waals surface area contributed by atoms with Gasteiger partial charge in [-0.1, -0.05) is 25.0 Å². The van der Waals surface area contributed by atoms with Gasteiger partial charge >= 0.3 is 5.97 Å². The van der Waals surface area contributed by atoms with Crippen LogP contribution in [0.4, 0.5) is 0 Å². The van der Waals surface area contributed by atoms with Crippen LogP contribution in [0.15, 0.2) is 12.2 Å². The standard InChI is InChI=1S/C16H23NO4/c18-15(11-5-1-2-6-12(11)16(19)20)17-9-10-21-14-8-4-3-7-13(14)17/h1-2,11-14H,3-10H2,(H,19,20)/t11-,12+,13?,14?/m1/s1. The van der Waals surface area contributed by atoms with Crippen molar-refractivity contribution in [1.82, 2.24) is 4.90 Å². The van der Waals surface area contributed by atoms with Crippen molar-refractivity contribution in [3.8, 4) is 0 Å². The van der Waals surface area contributed by atoms with Gasteiger partial charge in [0.05, 0.1) is 30.6 Å². The van der Waals surface area contributed by atoms with E-state index < -0.39 is 17.8 Å². The summed E-state index contributed by atoms with van der Waals surface area (Å²) >= 11 is 0. The largest absolute Gasteiger partial charge is 0.481 e. The monoisotopic (exact) mass is 293 g/mol. The van der Waals surface area contributed by atoms with Crippen LogP contribution in [0.1, 0.15) is 38.5 Å². The summed E-state index contributed by atoms with van der Waals surface area (Å²) in [5.74, 6) is -1.82. The molecule has 3 rings (SSSR count). The third-order valence-corrected chi connectivity index (χ3v) is 5.08. The highest BCUT2D eigenvalue weighted by atomic mass is 16.5. The van der Waals surface area contributed by atoms with Crippen LogP contribution in [0.5, 0.6) is 0 Å². The molecule has 1 amide bonds. The Morgan fingerprint density at radius 3 is 2.57 bits per heavy atom. The van der Waals surface area contributed by atoms with E-state index in [1.165, 1.54) is 0 Å². The summed E-state index contributed by atoms with van der Waals surface area (Å²) in [5.41, 5.74) is 0. The normalized spacial score (nSPS) is 36.1. The van der Waals surface area contributed by atoms with Crippen LogP contribution in [0.25, 0.3) is 0 Å². The third-order valence-electron chi connectivity index (χ3n) is 5.08.